The zero-order valence-electron chi connectivity index (χ0n) is 17.9. The molecule has 3 rings (SSSR count). The minimum absolute atomic E-state index is 0.000282. The molecule has 180 valence electrons. The first-order valence-corrected chi connectivity index (χ1v) is 11.0. The SMILES string of the molecule is C[C@@H]([C@@H](NC(=S)Nc1cc(C(F)(F)F)cc(C(F)(F)F)c1)c1ccccc1)N1CCCCC1. The average molecular weight is 490 g/mol. The van der Waals surface area contributed by atoms with Gasteiger partial charge in [0.2, 0.25) is 0 Å². The molecule has 1 heterocycles. The molecule has 0 aromatic heterocycles. The Kier molecular flexibility index (Phi) is 7.89. The van der Waals surface area contributed by atoms with Gasteiger partial charge in [-0.3, -0.25) is 4.90 Å². The van der Waals surface area contributed by atoms with Crippen molar-refractivity contribution in [1.82, 2.24) is 10.2 Å². The third kappa shape index (κ3) is 6.83. The molecule has 2 aromatic carbocycles. The highest BCUT2D eigenvalue weighted by Crippen LogP contribution is 2.37. The number of halogens is 6. The summed E-state index contributed by atoms with van der Waals surface area (Å²) in [6.07, 6.45) is -6.56. The van der Waals surface area contributed by atoms with Gasteiger partial charge in [-0.25, -0.2) is 0 Å². The molecule has 0 unspecified atom stereocenters. The van der Waals surface area contributed by atoms with Gasteiger partial charge >= 0.3 is 12.4 Å². The maximum atomic E-state index is 13.2. The van der Waals surface area contributed by atoms with Crippen LogP contribution >= 0.6 is 12.2 Å². The Labute approximate surface area is 194 Å². The van der Waals surface area contributed by atoms with E-state index in [1.165, 1.54) is 0 Å². The average Bonchev–Trinajstić information content (AvgIpc) is 2.77. The van der Waals surface area contributed by atoms with E-state index in [0.717, 1.165) is 37.9 Å². The van der Waals surface area contributed by atoms with E-state index >= 15 is 0 Å². The molecule has 3 nitrogen and oxygen atoms in total. The van der Waals surface area contributed by atoms with Crippen molar-refractivity contribution in [2.24, 2.45) is 0 Å². The van der Waals surface area contributed by atoms with Crippen molar-refractivity contribution in [2.75, 3.05) is 18.4 Å². The molecule has 1 saturated heterocycles. The summed E-state index contributed by atoms with van der Waals surface area (Å²) >= 11 is 5.30. The highest BCUT2D eigenvalue weighted by atomic mass is 32.1. The van der Waals surface area contributed by atoms with Crippen LogP contribution in [0.3, 0.4) is 0 Å². The highest BCUT2D eigenvalue weighted by molar-refractivity contribution is 7.80. The first-order valence-electron chi connectivity index (χ1n) is 10.6. The van der Waals surface area contributed by atoms with Crippen molar-refractivity contribution in [3.8, 4) is 0 Å². The van der Waals surface area contributed by atoms with Gasteiger partial charge in [-0.2, -0.15) is 26.3 Å². The smallest absolute Gasteiger partial charge is 0.354 e. The summed E-state index contributed by atoms with van der Waals surface area (Å²) in [5.41, 5.74) is -2.26. The van der Waals surface area contributed by atoms with Crippen LogP contribution in [-0.4, -0.2) is 29.1 Å². The molecule has 0 amide bonds. The lowest BCUT2D eigenvalue weighted by Gasteiger charge is -2.38. The quantitative estimate of drug-likeness (QED) is 0.364. The van der Waals surface area contributed by atoms with Gasteiger partial charge in [0, 0.05) is 11.7 Å². The van der Waals surface area contributed by atoms with E-state index in [0.29, 0.717) is 12.1 Å². The van der Waals surface area contributed by atoms with Gasteiger partial charge in [0.1, 0.15) is 0 Å². The number of benzene rings is 2. The van der Waals surface area contributed by atoms with Crippen molar-refractivity contribution >= 4 is 23.0 Å². The molecule has 1 aliphatic rings. The van der Waals surface area contributed by atoms with Crippen LogP contribution in [0, 0.1) is 0 Å². The summed E-state index contributed by atoms with van der Waals surface area (Å²) in [7, 11) is 0. The van der Waals surface area contributed by atoms with Crippen LogP contribution in [0.25, 0.3) is 0 Å². The Balaban J connectivity index is 1.84. The summed E-state index contributed by atoms with van der Waals surface area (Å²) in [4.78, 5) is 2.31. The van der Waals surface area contributed by atoms with Gasteiger partial charge < -0.3 is 10.6 Å². The number of hydrogen-bond acceptors (Lipinski definition) is 2. The first kappa shape index (κ1) is 25.3. The lowest BCUT2D eigenvalue weighted by Crippen LogP contribution is -2.47. The number of anilines is 1. The maximum absolute atomic E-state index is 13.2. The molecule has 1 fully saturated rings. The largest absolute Gasteiger partial charge is 0.416 e. The van der Waals surface area contributed by atoms with Crippen molar-refractivity contribution in [3.63, 3.8) is 0 Å². The summed E-state index contributed by atoms with van der Waals surface area (Å²) in [5.74, 6) is 0. The molecule has 2 N–H and O–H groups in total. The predicted octanol–water partition coefficient (Wildman–Crippen LogP) is 6.63. The van der Waals surface area contributed by atoms with E-state index in [9.17, 15) is 26.3 Å². The Morgan fingerprint density at radius 3 is 1.94 bits per heavy atom. The maximum Gasteiger partial charge on any atom is 0.416 e. The molecule has 0 aliphatic carbocycles. The fraction of sp³-hybridized carbons (Fsp3) is 0.435. The summed E-state index contributed by atoms with van der Waals surface area (Å²) < 4.78 is 79.0. The number of alkyl halides is 6. The van der Waals surface area contributed by atoms with Gasteiger partial charge in [-0.15, -0.1) is 0 Å². The molecular weight excluding hydrogens is 464 g/mol. The number of piperidine rings is 1. The third-order valence-corrected chi connectivity index (χ3v) is 5.96. The minimum atomic E-state index is -4.93. The highest BCUT2D eigenvalue weighted by Gasteiger charge is 2.37. The van der Waals surface area contributed by atoms with Crippen molar-refractivity contribution in [2.45, 2.75) is 50.6 Å². The molecule has 10 heteroatoms. The molecule has 1 aliphatic heterocycles. The molecule has 0 bridgehead atoms. The fourth-order valence-electron chi connectivity index (χ4n) is 4.01. The van der Waals surface area contributed by atoms with Crippen LogP contribution < -0.4 is 10.6 Å². The summed E-state index contributed by atoms with van der Waals surface area (Å²) in [6.45, 7) is 3.86. The molecule has 33 heavy (non-hydrogen) atoms. The summed E-state index contributed by atoms with van der Waals surface area (Å²) in [6, 6.07) is 10.4. The van der Waals surface area contributed by atoms with Crippen LogP contribution in [0.2, 0.25) is 0 Å². The lowest BCUT2D eigenvalue weighted by molar-refractivity contribution is -0.143. The van der Waals surface area contributed by atoms with E-state index in [2.05, 4.69) is 15.5 Å². The van der Waals surface area contributed by atoms with Crippen LogP contribution in [0.15, 0.2) is 48.5 Å². The first-order chi connectivity index (χ1) is 15.4. The van der Waals surface area contributed by atoms with Gasteiger partial charge in [-0.1, -0.05) is 36.8 Å². The number of rotatable bonds is 5. The zero-order chi connectivity index (χ0) is 24.2. The van der Waals surface area contributed by atoms with Gasteiger partial charge in [0.05, 0.1) is 17.2 Å². The van der Waals surface area contributed by atoms with E-state index in [1.54, 1.807) is 0 Å². The van der Waals surface area contributed by atoms with Crippen LogP contribution in [0.4, 0.5) is 32.0 Å². The topological polar surface area (TPSA) is 27.3 Å². The second-order valence-corrected chi connectivity index (χ2v) is 8.53. The number of hydrogen-bond donors (Lipinski definition) is 2. The Morgan fingerprint density at radius 2 is 1.42 bits per heavy atom. The van der Waals surface area contributed by atoms with Crippen LogP contribution in [0.1, 0.15) is 48.9 Å². The van der Waals surface area contributed by atoms with Crippen LogP contribution in [0.5, 0.6) is 0 Å². The molecular formula is C23H25F6N3S. The third-order valence-electron chi connectivity index (χ3n) is 5.74. The monoisotopic (exact) mass is 489 g/mol. The number of thiocarbonyl (C=S) groups is 1. The number of likely N-dealkylation sites (tertiary alicyclic amines) is 1. The molecule has 0 saturated carbocycles. The lowest BCUT2D eigenvalue weighted by atomic mass is 9.97. The van der Waals surface area contributed by atoms with Crippen LogP contribution in [-0.2, 0) is 12.4 Å². The number of nitrogens with zero attached hydrogens (tertiary/aromatic N) is 1. The minimum Gasteiger partial charge on any atom is -0.354 e. The standard InChI is InChI=1S/C23H25F6N3S/c1-15(32-10-6-3-7-11-32)20(16-8-4-2-5-9-16)31-21(33)30-19-13-17(22(24,25)26)12-18(14-19)23(27,28)29/h2,4-5,8-9,12-15,20H,3,6-7,10-11H2,1H3,(H2,30,31,33)/t15-,20+/m0/s1. The van der Waals surface area contributed by atoms with E-state index < -0.39 is 23.5 Å². The molecule has 2 atom stereocenters. The van der Waals surface area contributed by atoms with E-state index in [4.69, 9.17) is 12.2 Å². The fourth-order valence-corrected chi connectivity index (χ4v) is 4.26. The Hall–Kier alpha value is -2.33. The van der Waals surface area contributed by atoms with Crippen molar-refractivity contribution in [1.29, 1.82) is 0 Å². The van der Waals surface area contributed by atoms with Crippen molar-refractivity contribution < 1.29 is 26.3 Å². The molecule has 0 radical (unpaired) electrons. The van der Waals surface area contributed by atoms with Gasteiger partial charge in [0.15, 0.2) is 5.11 Å². The summed E-state index contributed by atoms with van der Waals surface area (Å²) in [5, 5.41) is 5.58. The van der Waals surface area contributed by atoms with Crippen molar-refractivity contribution in [3.05, 3.63) is 65.2 Å². The molecule has 0 spiro atoms. The normalized spacial score (nSPS) is 17.3. The van der Waals surface area contributed by atoms with E-state index in [-0.39, 0.29) is 28.9 Å². The van der Waals surface area contributed by atoms with Gasteiger partial charge in [-0.05, 0) is 68.8 Å². The zero-order valence-corrected chi connectivity index (χ0v) is 18.7. The second-order valence-electron chi connectivity index (χ2n) is 8.12. The molecule has 2 aromatic rings. The van der Waals surface area contributed by atoms with E-state index in [1.807, 2.05) is 37.3 Å². The van der Waals surface area contributed by atoms with Gasteiger partial charge in [0.25, 0.3) is 0 Å². The number of nitrogens with one attached hydrogen (secondary N) is 2. The Bertz CT molecular complexity index is 907. The Morgan fingerprint density at radius 1 is 0.879 bits per heavy atom. The second kappa shape index (κ2) is 10.3. The predicted molar refractivity (Wildman–Crippen MR) is 120 cm³/mol.